The van der Waals surface area contributed by atoms with Crippen molar-refractivity contribution in [2.45, 2.75) is 20.4 Å². The van der Waals surface area contributed by atoms with Crippen molar-refractivity contribution in [3.05, 3.63) is 54.2 Å². The van der Waals surface area contributed by atoms with Crippen molar-refractivity contribution in [2.75, 3.05) is 7.11 Å². The minimum atomic E-state index is -0.695. The minimum Gasteiger partial charge on any atom is -0.465 e. The number of hydrogen-bond acceptors (Lipinski definition) is 3. The van der Waals surface area contributed by atoms with Crippen LogP contribution in [-0.4, -0.2) is 17.6 Å². The summed E-state index contributed by atoms with van der Waals surface area (Å²) in [7, 11) is 1.24. The summed E-state index contributed by atoms with van der Waals surface area (Å²) in [4.78, 5) is 24.8. The topological polar surface area (TPSA) is 48.3 Å². The van der Waals surface area contributed by atoms with Gasteiger partial charge in [-0.1, -0.05) is 29.3 Å². The number of benzene rings is 1. The summed E-state index contributed by atoms with van der Waals surface area (Å²) in [5.74, 6) is -0.695. The van der Waals surface area contributed by atoms with Gasteiger partial charge in [-0.15, -0.1) is 0 Å². The maximum absolute atomic E-state index is 12.6. The monoisotopic (exact) mass is 417 g/mol. The van der Waals surface area contributed by atoms with Gasteiger partial charge >= 0.3 is 5.97 Å². The Bertz CT molecular complexity index is 846. The molecule has 0 saturated carbocycles. The fourth-order valence-corrected chi connectivity index (χ4v) is 3.14. The van der Waals surface area contributed by atoms with Crippen molar-refractivity contribution >= 4 is 45.1 Å². The van der Waals surface area contributed by atoms with Gasteiger partial charge in [0.25, 0.3) is 0 Å². The zero-order valence-electron chi connectivity index (χ0n) is 12.7. The van der Waals surface area contributed by atoms with E-state index in [2.05, 4.69) is 15.9 Å². The zero-order valence-corrected chi connectivity index (χ0v) is 15.8. The molecule has 1 aromatic carbocycles. The molecule has 122 valence electrons. The van der Waals surface area contributed by atoms with Gasteiger partial charge in [-0.05, 0) is 41.9 Å². The predicted molar refractivity (Wildman–Crippen MR) is 95.6 cm³/mol. The van der Waals surface area contributed by atoms with Gasteiger partial charge in [0.1, 0.15) is 5.56 Å². The number of pyridine rings is 1. The third-order valence-electron chi connectivity index (χ3n) is 3.55. The molecule has 7 heteroatoms. The van der Waals surface area contributed by atoms with Gasteiger partial charge in [0.15, 0.2) is 0 Å². The quantitative estimate of drug-likeness (QED) is 0.678. The maximum Gasteiger partial charge on any atom is 0.344 e. The first-order valence-electron chi connectivity index (χ1n) is 6.80. The van der Waals surface area contributed by atoms with Crippen LogP contribution < -0.4 is 5.43 Å². The van der Waals surface area contributed by atoms with Gasteiger partial charge in [0.2, 0.25) is 5.43 Å². The molecule has 0 radical (unpaired) electrons. The number of carbonyl (C=O) groups excluding carboxylic acids is 1. The largest absolute Gasteiger partial charge is 0.465 e. The number of methoxy groups -OCH3 is 1. The number of halogens is 3. The summed E-state index contributed by atoms with van der Waals surface area (Å²) in [5.41, 5.74) is 1.34. The summed E-state index contributed by atoms with van der Waals surface area (Å²) >= 11 is 15.3. The lowest BCUT2D eigenvalue weighted by Crippen LogP contribution is -2.25. The average molecular weight is 419 g/mol. The number of rotatable bonds is 3. The highest BCUT2D eigenvalue weighted by molar-refractivity contribution is 9.10. The van der Waals surface area contributed by atoms with E-state index in [4.69, 9.17) is 27.9 Å². The van der Waals surface area contributed by atoms with Crippen molar-refractivity contribution in [3.8, 4) is 11.3 Å². The number of nitrogens with zero attached hydrogens (tertiary/aromatic N) is 1. The molecule has 0 aliphatic rings. The molecule has 0 N–H and O–H groups in total. The molecule has 1 aromatic heterocycles. The van der Waals surface area contributed by atoms with E-state index in [1.54, 1.807) is 25.1 Å². The molecule has 0 spiro atoms. The molecule has 1 heterocycles. The summed E-state index contributed by atoms with van der Waals surface area (Å²) < 4.78 is 6.99. The molecule has 4 nitrogen and oxygen atoms in total. The van der Waals surface area contributed by atoms with Crippen molar-refractivity contribution in [3.63, 3.8) is 0 Å². The average Bonchev–Trinajstić information content (AvgIpc) is 2.54. The van der Waals surface area contributed by atoms with E-state index in [9.17, 15) is 9.59 Å². The first-order valence-corrected chi connectivity index (χ1v) is 8.35. The summed E-state index contributed by atoms with van der Waals surface area (Å²) in [6.07, 6.45) is 0. The van der Waals surface area contributed by atoms with Gasteiger partial charge in [-0.25, -0.2) is 4.79 Å². The van der Waals surface area contributed by atoms with Gasteiger partial charge in [-0.2, -0.15) is 0 Å². The van der Waals surface area contributed by atoms with Crippen LogP contribution >= 0.6 is 39.1 Å². The first kappa shape index (κ1) is 18.0. The molecule has 0 aliphatic carbocycles. The van der Waals surface area contributed by atoms with Crippen LogP contribution in [0.2, 0.25) is 10.0 Å². The Balaban J connectivity index is 2.96. The van der Waals surface area contributed by atoms with Crippen LogP contribution in [0.4, 0.5) is 0 Å². The molecule has 0 amide bonds. The SMILES string of the molecule is CCn1c(C)c(Br)c(=O)c(C(=O)OC)c1-c1ccc(Cl)c(Cl)c1. The van der Waals surface area contributed by atoms with Gasteiger partial charge in [0.05, 0.1) is 27.3 Å². The third-order valence-corrected chi connectivity index (χ3v) is 5.23. The lowest BCUT2D eigenvalue weighted by molar-refractivity contribution is 0.0599. The smallest absolute Gasteiger partial charge is 0.344 e. The highest BCUT2D eigenvalue weighted by atomic mass is 79.9. The summed E-state index contributed by atoms with van der Waals surface area (Å²) in [6.45, 7) is 4.29. The van der Waals surface area contributed by atoms with Crippen molar-refractivity contribution in [1.29, 1.82) is 0 Å². The second-order valence-electron chi connectivity index (χ2n) is 4.82. The van der Waals surface area contributed by atoms with Crippen LogP contribution in [0.1, 0.15) is 23.0 Å². The highest BCUT2D eigenvalue weighted by Crippen LogP contribution is 2.32. The van der Waals surface area contributed by atoms with E-state index >= 15 is 0 Å². The van der Waals surface area contributed by atoms with Gasteiger partial charge in [0, 0.05) is 17.8 Å². The second kappa shape index (κ2) is 7.07. The van der Waals surface area contributed by atoms with E-state index in [1.807, 2.05) is 11.5 Å². The fraction of sp³-hybridized carbons (Fsp3) is 0.250. The Labute approximate surface area is 152 Å². The van der Waals surface area contributed by atoms with Crippen LogP contribution in [0.15, 0.2) is 27.5 Å². The molecule has 2 rings (SSSR count). The Morgan fingerprint density at radius 3 is 2.48 bits per heavy atom. The van der Waals surface area contributed by atoms with Crippen LogP contribution in [0.3, 0.4) is 0 Å². The van der Waals surface area contributed by atoms with Crippen LogP contribution in [0.25, 0.3) is 11.3 Å². The number of carbonyl (C=O) groups is 1. The predicted octanol–water partition coefficient (Wildman–Crippen LogP) is 4.70. The third kappa shape index (κ3) is 3.18. The summed E-state index contributed by atoms with van der Waals surface area (Å²) in [5, 5.41) is 0.741. The number of ether oxygens (including phenoxy) is 1. The lowest BCUT2D eigenvalue weighted by atomic mass is 10.0. The summed E-state index contributed by atoms with van der Waals surface area (Å²) in [6, 6.07) is 4.97. The van der Waals surface area contributed by atoms with E-state index in [0.29, 0.717) is 38.0 Å². The van der Waals surface area contributed by atoms with Crippen LogP contribution in [0.5, 0.6) is 0 Å². The Morgan fingerprint density at radius 1 is 1.30 bits per heavy atom. The molecule has 0 atom stereocenters. The molecular formula is C16H14BrCl2NO3. The van der Waals surface area contributed by atoms with Crippen molar-refractivity contribution < 1.29 is 9.53 Å². The van der Waals surface area contributed by atoms with Crippen molar-refractivity contribution in [2.24, 2.45) is 0 Å². The van der Waals surface area contributed by atoms with E-state index in [1.165, 1.54) is 7.11 Å². The van der Waals surface area contributed by atoms with Gasteiger partial charge < -0.3 is 9.30 Å². The molecule has 0 bridgehead atoms. The maximum atomic E-state index is 12.6. The molecule has 0 aliphatic heterocycles. The molecule has 0 saturated heterocycles. The first-order chi connectivity index (χ1) is 10.8. The molecule has 0 fully saturated rings. The zero-order chi connectivity index (χ0) is 17.3. The highest BCUT2D eigenvalue weighted by Gasteiger charge is 2.25. The normalized spacial score (nSPS) is 10.7. The number of aromatic nitrogens is 1. The van der Waals surface area contributed by atoms with Crippen LogP contribution in [0, 0.1) is 6.92 Å². The van der Waals surface area contributed by atoms with E-state index in [-0.39, 0.29) is 5.56 Å². The molecule has 2 aromatic rings. The second-order valence-corrected chi connectivity index (χ2v) is 6.42. The number of hydrogen-bond donors (Lipinski definition) is 0. The Kier molecular flexibility index (Phi) is 5.55. The lowest BCUT2D eigenvalue weighted by Gasteiger charge is -2.20. The standard InChI is InChI=1S/C16H14BrCl2NO3/c1-4-20-8(2)13(17)15(21)12(16(22)23-3)14(20)9-5-6-10(18)11(19)7-9/h5-7H,4H2,1-3H3. The minimum absolute atomic E-state index is 0.0368. The van der Waals surface area contributed by atoms with Crippen molar-refractivity contribution in [1.82, 2.24) is 4.57 Å². The number of esters is 1. The fourth-order valence-electron chi connectivity index (χ4n) is 2.43. The molecule has 23 heavy (non-hydrogen) atoms. The molecular weight excluding hydrogens is 405 g/mol. The Hall–Kier alpha value is -1.30. The van der Waals surface area contributed by atoms with E-state index < -0.39 is 11.4 Å². The van der Waals surface area contributed by atoms with E-state index in [0.717, 1.165) is 0 Å². The van der Waals surface area contributed by atoms with Gasteiger partial charge in [-0.3, -0.25) is 4.79 Å². The molecule has 0 unspecified atom stereocenters. The van der Waals surface area contributed by atoms with Crippen LogP contribution in [-0.2, 0) is 11.3 Å². The Morgan fingerprint density at radius 2 is 1.96 bits per heavy atom.